The van der Waals surface area contributed by atoms with Gasteiger partial charge >= 0.3 is 5.97 Å². The number of aliphatic hydroxyl groups is 1. The number of carboxylic acids is 1. The van der Waals surface area contributed by atoms with Crippen molar-refractivity contribution in [2.45, 2.75) is 6.10 Å². The summed E-state index contributed by atoms with van der Waals surface area (Å²) in [5.41, 5.74) is 0.329. The fourth-order valence-corrected chi connectivity index (χ4v) is 1.42. The minimum absolute atomic E-state index is 0.329. The highest BCUT2D eigenvalue weighted by Gasteiger charge is 2.18. The van der Waals surface area contributed by atoms with E-state index in [1.807, 2.05) is 0 Å². The van der Waals surface area contributed by atoms with Gasteiger partial charge in [0.25, 0.3) is 0 Å². The Kier molecular flexibility index (Phi) is 2.31. The summed E-state index contributed by atoms with van der Waals surface area (Å²) in [6.45, 7) is 0. The zero-order valence-electron chi connectivity index (χ0n) is 7.66. The van der Waals surface area contributed by atoms with E-state index in [-0.39, 0.29) is 0 Å². The number of benzene rings is 1. The first-order valence-electron chi connectivity index (χ1n) is 4.30. The Morgan fingerprint density at radius 1 is 1.27 bits per heavy atom. The Hall–Kier alpha value is -2.01. The average Bonchev–Trinajstić information content (AvgIpc) is 2.27. The summed E-state index contributed by atoms with van der Waals surface area (Å²) in [5, 5.41) is 26.8. The zero-order chi connectivity index (χ0) is 10.8. The van der Waals surface area contributed by atoms with Crippen LogP contribution in [0.4, 0.5) is 0 Å². The molecule has 0 aliphatic heterocycles. The molecule has 0 bridgehead atoms. The number of carbonyl (C=O) groups is 1. The molecule has 5 nitrogen and oxygen atoms in total. The van der Waals surface area contributed by atoms with Crippen molar-refractivity contribution in [2.24, 2.45) is 0 Å². The van der Waals surface area contributed by atoms with Crippen LogP contribution in [0.1, 0.15) is 11.7 Å². The van der Waals surface area contributed by atoms with Gasteiger partial charge in [0.15, 0.2) is 6.10 Å². The first kappa shape index (κ1) is 9.54. The van der Waals surface area contributed by atoms with Crippen LogP contribution in [0, 0.1) is 0 Å². The molecular weight excluding hydrogens is 196 g/mol. The third kappa shape index (κ3) is 1.64. The molecule has 0 aliphatic rings. The van der Waals surface area contributed by atoms with Crippen molar-refractivity contribution in [3.63, 3.8) is 0 Å². The second kappa shape index (κ2) is 3.62. The second-order valence-corrected chi connectivity index (χ2v) is 3.08. The van der Waals surface area contributed by atoms with Crippen LogP contribution in [0.2, 0.25) is 0 Å². The molecule has 2 N–H and O–H groups in total. The summed E-state index contributed by atoms with van der Waals surface area (Å²) in [7, 11) is 0. The van der Waals surface area contributed by atoms with E-state index in [1.54, 1.807) is 18.2 Å². The Morgan fingerprint density at radius 3 is 2.73 bits per heavy atom. The SMILES string of the molecule is O=C(O)C(O)c1cccc2cnncc12. The molecule has 5 heteroatoms. The number of hydrogen-bond acceptors (Lipinski definition) is 4. The summed E-state index contributed by atoms with van der Waals surface area (Å²) in [6.07, 6.45) is 1.43. The standard InChI is InChI=1S/C10H8N2O3/c13-9(10(14)15)7-3-1-2-6-4-11-12-5-8(6)7/h1-5,9,13H,(H,14,15). The first-order valence-corrected chi connectivity index (χ1v) is 4.30. The van der Waals surface area contributed by atoms with Crippen LogP contribution in [-0.2, 0) is 4.79 Å². The molecule has 0 saturated carbocycles. The van der Waals surface area contributed by atoms with Crippen LogP contribution in [0.25, 0.3) is 10.8 Å². The Balaban J connectivity index is 2.65. The van der Waals surface area contributed by atoms with E-state index in [9.17, 15) is 9.90 Å². The number of aliphatic hydroxyl groups excluding tert-OH is 1. The van der Waals surface area contributed by atoms with Crippen molar-refractivity contribution in [2.75, 3.05) is 0 Å². The zero-order valence-corrected chi connectivity index (χ0v) is 7.66. The van der Waals surface area contributed by atoms with Crippen LogP contribution < -0.4 is 0 Å². The smallest absolute Gasteiger partial charge is 0.337 e. The molecule has 0 aliphatic carbocycles. The molecule has 1 unspecified atom stereocenters. The van der Waals surface area contributed by atoms with E-state index in [1.165, 1.54) is 12.4 Å². The average molecular weight is 204 g/mol. The van der Waals surface area contributed by atoms with Crippen LogP contribution >= 0.6 is 0 Å². The molecule has 0 fully saturated rings. The lowest BCUT2D eigenvalue weighted by molar-refractivity contribution is -0.146. The lowest BCUT2D eigenvalue weighted by Gasteiger charge is -2.08. The summed E-state index contributed by atoms with van der Waals surface area (Å²) >= 11 is 0. The molecule has 1 aromatic carbocycles. The highest BCUT2D eigenvalue weighted by Crippen LogP contribution is 2.22. The molecule has 0 radical (unpaired) electrons. The number of carboxylic acid groups (broad SMARTS) is 1. The van der Waals surface area contributed by atoms with Gasteiger partial charge in [0.2, 0.25) is 0 Å². The highest BCUT2D eigenvalue weighted by atomic mass is 16.4. The van der Waals surface area contributed by atoms with Crippen molar-refractivity contribution in [3.8, 4) is 0 Å². The van der Waals surface area contributed by atoms with Gasteiger partial charge in [-0.2, -0.15) is 10.2 Å². The third-order valence-corrected chi connectivity index (χ3v) is 2.15. The monoisotopic (exact) mass is 204 g/mol. The third-order valence-electron chi connectivity index (χ3n) is 2.15. The van der Waals surface area contributed by atoms with E-state index < -0.39 is 12.1 Å². The molecule has 76 valence electrons. The van der Waals surface area contributed by atoms with Gasteiger partial charge in [-0.05, 0) is 0 Å². The minimum Gasteiger partial charge on any atom is -0.479 e. The largest absolute Gasteiger partial charge is 0.479 e. The van der Waals surface area contributed by atoms with E-state index in [0.717, 1.165) is 5.39 Å². The second-order valence-electron chi connectivity index (χ2n) is 3.08. The van der Waals surface area contributed by atoms with Gasteiger partial charge < -0.3 is 10.2 Å². The van der Waals surface area contributed by atoms with Crippen molar-refractivity contribution in [3.05, 3.63) is 36.2 Å². The fourth-order valence-electron chi connectivity index (χ4n) is 1.42. The molecule has 1 atom stereocenters. The van der Waals surface area contributed by atoms with Gasteiger partial charge in [0, 0.05) is 16.3 Å². The number of rotatable bonds is 2. The topological polar surface area (TPSA) is 83.3 Å². The van der Waals surface area contributed by atoms with Gasteiger partial charge in [0.05, 0.1) is 12.4 Å². The molecule has 1 aromatic heterocycles. The van der Waals surface area contributed by atoms with Gasteiger partial charge in [-0.15, -0.1) is 0 Å². The maximum Gasteiger partial charge on any atom is 0.337 e. The lowest BCUT2D eigenvalue weighted by atomic mass is 10.0. The summed E-state index contributed by atoms with van der Waals surface area (Å²) < 4.78 is 0. The fraction of sp³-hybridized carbons (Fsp3) is 0.100. The molecule has 0 amide bonds. The van der Waals surface area contributed by atoms with Crippen LogP contribution in [0.15, 0.2) is 30.6 Å². The number of fused-ring (bicyclic) bond motifs is 1. The summed E-state index contributed by atoms with van der Waals surface area (Å²) in [4.78, 5) is 10.7. The molecule has 0 saturated heterocycles. The van der Waals surface area contributed by atoms with Gasteiger partial charge in [-0.25, -0.2) is 4.79 Å². The molecule has 1 heterocycles. The predicted octanol–water partition coefficient (Wildman–Crippen LogP) is 0.748. The van der Waals surface area contributed by atoms with E-state index >= 15 is 0 Å². The van der Waals surface area contributed by atoms with Crippen LogP contribution in [-0.4, -0.2) is 26.4 Å². The predicted molar refractivity (Wildman–Crippen MR) is 52.1 cm³/mol. The highest BCUT2D eigenvalue weighted by molar-refractivity contribution is 5.88. The first-order chi connectivity index (χ1) is 7.20. The van der Waals surface area contributed by atoms with Crippen molar-refractivity contribution in [1.82, 2.24) is 10.2 Å². The van der Waals surface area contributed by atoms with E-state index in [4.69, 9.17) is 5.11 Å². The molecule has 0 spiro atoms. The Labute approximate surface area is 85.0 Å². The number of aliphatic carboxylic acids is 1. The maximum atomic E-state index is 10.7. The summed E-state index contributed by atoms with van der Waals surface area (Å²) in [5.74, 6) is -1.28. The molecule has 2 aromatic rings. The van der Waals surface area contributed by atoms with Gasteiger partial charge in [-0.3, -0.25) is 0 Å². The molecule has 2 rings (SSSR count). The van der Waals surface area contributed by atoms with Crippen molar-refractivity contribution < 1.29 is 15.0 Å². The molecule has 15 heavy (non-hydrogen) atoms. The summed E-state index contributed by atoms with van der Waals surface area (Å²) in [6, 6.07) is 5.01. The molecular formula is C10H8N2O3. The van der Waals surface area contributed by atoms with Crippen molar-refractivity contribution >= 4 is 16.7 Å². The van der Waals surface area contributed by atoms with E-state index in [0.29, 0.717) is 10.9 Å². The quantitative estimate of drug-likeness (QED) is 0.754. The normalized spacial score (nSPS) is 12.6. The lowest BCUT2D eigenvalue weighted by Crippen LogP contribution is -2.10. The van der Waals surface area contributed by atoms with E-state index in [2.05, 4.69) is 10.2 Å². The number of nitrogens with zero attached hydrogens (tertiary/aromatic N) is 2. The maximum absolute atomic E-state index is 10.7. The van der Waals surface area contributed by atoms with Crippen molar-refractivity contribution in [1.29, 1.82) is 0 Å². The minimum atomic E-state index is -1.53. The van der Waals surface area contributed by atoms with Crippen LogP contribution in [0.3, 0.4) is 0 Å². The van der Waals surface area contributed by atoms with Gasteiger partial charge in [-0.1, -0.05) is 18.2 Å². The Bertz CT molecular complexity index is 507. The number of hydrogen-bond donors (Lipinski definition) is 2. The van der Waals surface area contributed by atoms with Gasteiger partial charge in [0.1, 0.15) is 0 Å². The Morgan fingerprint density at radius 2 is 2.00 bits per heavy atom. The van der Waals surface area contributed by atoms with Crippen LogP contribution in [0.5, 0.6) is 0 Å². The number of aromatic nitrogens is 2.